The van der Waals surface area contributed by atoms with Crippen LogP contribution < -0.4 is 4.74 Å². The van der Waals surface area contributed by atoms with Crippen LogP contribution in [0.3, 0.4) is 0 Å². The number of aliphatic hydroxyl groups is 1. The van der Waals surface area contributed by atoms with Crippen molar-refractivity contribution in [2.45, 2.75) is 74.1 Å². The summed E-state index contributed by atoms with van der Waals surface area (Å²) in [5, 5.41) is 25.8. The van der Waals surface area contributed by atoms with Gasteiger partial charge >= 0.3 is 0 Å². The molecule has 0 unspecified atom stereocenters. The van der Waals surface area contributed by atoms with E-state index in [1.165, 1.54) is 18.4 Å². The van der Waals surface area contributed by atoms with Crippen molar-refractivity contribution in [3.05, 3.63) is 71.3 Å². The maximum atomic E-state index is 13.8. The zero-order valence-corrected chi connectivity index (χ0v) is 22.5. The standard InChI is InChI=1S/C33H36N2O4/c1-34(28(37)18-22-7-4-6-21-5-2-3-8-24(21)22)25-13-14-33(38)27-17-23-11-12-26(36)30-29(23)32(33,31(25)39-30)15-16-35(27)19-20-9-10-20/h2-8,11-12,20,25,27,31,36,38H,9-10,13-19H2,1H3/t25-,27+,31+,32+,33-/m1/s1. The Kier molecular flexibility index (Phi) is 5.01. The van der Waals surface area contributed by atoms with Gasteiger partial charge in [-0.25, -0.2) is 0 Å². The molecule has 1 saturated heterocycles. The number of amides is 1. The summed E-state index contributed by atoms with van der Waals surface area (Å²) >= 11 is 0. The van der Waals surface area contributed by atoms with Crippen molar-refractivity contribution >= 4 is 16.7 Å². The Labute approximate surface area is 229 Å². The maximum Gasteiger partial charge on any atom is 0.227 e. The highest BCUT2D eigenvalue weighted by atomic mass is 16.5. The van der Waals surface area contributed by atoms with E-state index in [4.69, 9.17) is 4.74 Å². The van der Waals surface area contributed by atoms with Gasteiger partial charge in [0.2, 0.25) is 5.91 Å². The van der Waals surface area contributed by atoms with Gasteiger partial charge in [0.25, 0.3) is 0 Å². The minimum absolute atomic E-state index is 0.0404. The number of fused-ring (bicyclic) bond motifs is 1. The molecule has 202 valence electrons. The fourth-order valence-corrected chi connectivity index (χ4v) is 8.77. The monoisotopic (exact) mass is 524 g/mol. The first-order valence-corrected chi connectivity index (χ1v) is 14.6. The topological polar surface area (TPSA) is 73.2 Å². The van der Waals surface area contributed by atoms with Gasteiger partial charge in [0.15, 0.2) is 11.5 Å². The van der Waals surface area contributed by atoms with E-state index in [0.29, 0.717) is 25.0 Å². The summed E-state index contributed by atoms with van der Waals surface area (Å²) in [5.74, 6) is 1.49. The van der Waals surface area contributed by atoms with Crippen LogP contribution in [-0.2, 0) is 23.1 Å². The van der Waals surface area contributed by atoms with Crippen molar-refractivity contribution in [2.75, 3.05) is 20.1 Å². The van der Waals surface area contributed by atoms with Crippen molar-refractivity contribution in [1.82, 2.24) is 9.80 Å². The van der Waals surface area contributed by atoms with Crippen LogP contribution in [0.2, 0.25) is 0 Å². The van der Waals surface area contributed by atoms with Gasteiger partial charge < -0.3 is 19.8 Å². The molecule has 0 aromatic heterocycles. The molecule has 5 atom stereocenters. The molecule has 3 aromatic carbocycles. The summed E-state index contributed by atoms with van der Waals surface area (Å²) in [6.45, 7) is 1.97. The molecule has 2 N–H and O–H groups in total. The molecular formula is C33H36N2O4. The molecule has 3 fully saturated rings. The third kappa shape index (κ3) is 3.19. The molecule has 0 radical (unpaired) electrons. The minimum atomic E-state index is -0.938. The zero-order chi connectivity index (χ0) is 26.5. The van der Waals surface area contributed by atoms with E-state index in [2.05, 4.69) is 23.1 Å². The summed E-state index contributed by atoms with van der Waals surface area (Å²) < 4.78 is 6.69. The fourth-order valence-electron chi connectivity index (χ4n) is 8.77. The van der Waals surface area contributed by atoms with Gasteiger partial charge in [-0.2, -0.15) is 0 Å². The van der Waals surface area contributed by atoms with Crippen LogP contribution in [0.5, 0.6) is 11.5 Å². The average Bonchev–Trinajstić information content (AvgIpc) is 3.68. The lowest BCUT2D eigenvalue weighted by Gasteiger charge is -2.64. The summed E-state index contributed by atoms with van der Waals surface area (Å²) in [5.41, 5.74) is 1.67. The molecule has 2 heterocycles. The molecule has 3 aromatic rings. The number of phenolic OH excluding ortho intramolecular Hbond substituents is 1. The normalized spacial score (nSPS) is 32.5. The van der Waals surface area contributed by atoms with E-state index in [-0.39, 0.29) is 29.8 Å². The van der Waals surface area contributed by atoms with Gasteiger partial charge in [-0.15, -0.1) is 0 Å². The largest absolute Gasteiger partial charge is 0.504 e. The number of piperidine rings is 1. The number of phenols is 1. The number of benzene rings is 3. The Morgan fingerprint density at radius 2 is 1.90 bits per heavy atom. The smallest absolute Gasteiger partial charge is 0.227 e. The van der Waals surface area contributed by atoms with Gasteiger partial charge in [-0.3, -0.25) is 9.69 Å². The van der Waals surface area contributed by atoms with Crippen molar-refractivity contribution < 1.29 is 19.7 Å². The Hall–Kier alpha value is -3.09. The Balaban J connectivity index is 1.16. The van der Waals surface area contributed by atoms with Crippen LogP contribution >= 0.6 is 0 Å². The van der Waals surface area contributed by atoms with E-state index >= 15 is 0 Å². The number of ether oxygens (including phenoxy) is 1. The second kappa shape index (κ2) is 8.21. The third-order valence-electron chi connectivity index (χ3n) is 10.8. The van der Waals surface area contributed by atoms with Crippen molar-refractivity contribution in [1.29, 1.82) is 0 Å². The van der Waals surface area contributed by atoms with Gasteiger partial charge in [-0.1, -0.05) is 48.5 Å². The Morgan fingerprint density at radius 3 is 2.74 bits per heavy atom. The lowest BCUT2D eigenvalue weighted by molar-refractivity contribution is -0.200. The number of hydrogen-bond acceptors (Lipinski definition) is 5. The van der Waals surface area contributed by atoms with Crippen molar-refractivity contribution in [3.63, 3.8) is 0 Å². The van der Waals surface area contributed by atoms with E-state index in [1.54, 1.807) is 6.07 Å². The van der Waals surface area contributed by atoms with Crippen molar-refractivity contribution in [3.8, 4) is 11.5 Å². The number of carbonyl (C=O) groups excluding carboxylic acids is 1. The molecule has 8 rings (SSSR count). The summed E-state index contributed by atoms with van der Waals surface area (Å²) in [7, 11) is 1.90. The Morgan fingerprint density at radius 1 is 1.08 bits per heavy atom. The van der Waals surface area contributed by atoms with Gasteiger partial charge in [-0.05, 0) is 79.0 Å². The molecular weight excluding hydrogens is 488 g/mol. The van der Waals surface area contributed by atoms with Crippen LogP contribution in [0.1, 0.15) is 48.8 Å². The lowest BCUT2D eigenvalue weighted by Crippen LogP contribution is -2.78. The first kappa shape index (κ1) is 23.8. The predicted octanol–water partition coefficient (Wildman–Crippen LogP) is 4.18. The van der Waals surface area contributed by atoms with E-state index in [9.17, 15) is 15.0 Å². The first-order valence-electron chi connectivity index (χ1n) is 14.6. The SMILES string of the molecule is CN(C(=O)Cc1cccc2ccccc12)[C@@H]1CC[C@@]2(O)[C@@H]3Cc4ccc(O)c5c4[C@@]2(CCN3CC2CC2)[C@H]1O5. The van der Waals surface area contributed by atoms with Gasteiger partial charge in [0, 0.05) is 25.2 Å². The molecule has 5 aliphatic rings. The van der Waals surface area contributed by atoms with E-state index in [0.717, 1.165) is 53.7 Å². The highest BCUT2D eigenvalue weighted by Crippen LogP contribution is 2.66. The highest BCUT2D eigenvalue weighted by Gasteiger charge is 2.73. The molecule has 1 spiro atoms. The Bertz CT molecular complexity index is 1500. The van der Waals surface area contributed by atoms with Crippen molar-refractivity contribution in [2.24, 2.45) is 5.92 Å². The number of likely N-dealkylation sites (N-methyl/N-ethyl adjacent to an activating group) is 1. The highest BCUT2D eigenvalue weighted by molar-refractivity contribution is 5.90. The summed E-state index contributed by atoms with van der Waals surface area (Å²) in [6, 6.07) is 18.0. The molecule has 1 amide bonds. The molecule has 3 aliphatic carbocycles. The third-order valence-corrected chi connectivity index (χ3v) is 10.8. The molecule has 2 bridgehead atoms. The minimum Gasteiger partial charge on any atom is -0.504 e. The van der Waals surface area contributed by atoms with E-state index in [1.807, 2.05) is 42.3 Å². The van der Waals surface area contributed by atoms with Gasteiger partial charge in [0.1, 0.15) is 6.10 Å². The fraction of sp³-hybridized carbons (Fsp3) is 0.485. The zero-order valence-electron chi connectivity index (χ0n) is 22.5. The van der Waals surface area contributed by atoms with Crippen LogP contribution in [0.4, 0.5) is 0 Å². The van der Waals surface area contributed by atoms with Crippen LogP contribution in [0.25, 0.3) is 10.8 Å². The second-order valence-electron chi connectivity index (χ2n) is 12.7. The average molecular weight is 525 g/mol. The number of likely N-dealkylation sites (tertiary alicyclic amines) is 1. The maximum absolute atomic E-state index is 13.8. The molecule has 2 saturated carbocycles. The van der Waals surface area contributed by atoms with E-state index < -0.39 is 11.0 Å². The summed E-state index contributed by atoms with van der Waals surface area (Å²) in [6.07, 6.45) is 5.39. The molecule has 6 heteroatoms. The molecule has 39 heavy (non-hydrogen) atoms. The lowest BCUT2D eigenvalue weighted by atomic mass is 9.48. The van der Waals surface area contributed by atoms with Crippen LogP contribution in [0.15, 0.2) is 54.6 Å². The number of hydrogen-bond donors (Lipinski definition) is 2. The van der Waals surface area contributed by atoms with Crippen LogP contribution in [-0.4, -0.2) is 69.8 Å². The van der Waals surface area contributed by atoms with Gasteiger partial charge in [0.05, 0.1) is 23.5 Å². The predicted molar refractivity (Wildman–Crippen MR) is 149 cm³/mol. The quantitative estimate of drug-likeness (QED) is 0.524. The molecule has 6 nitrogen and oxygen atoms in total. The second-order valence-corrected chi connectivity index (χ2v) is 12.7. The summed E-state index contributed by atoms with van der Waals surface area (Å²) in [4.78, 5) is 18.3. The number of rotatable bonds is 5. The number of nitrogens with zero attached hydrogens (tertiary/aromatic N) is 2. The van der Waals surface area contributed by atoms with Crippen LogP contribution in [0, 0.1) is 5.92 Å². The number of carbonyl (C=O) groups is 1. The molecule has 2 aliphatic heterocycles. The first-order chi connectivity index (χ1) is 18.9. The number of aromatic hydroxyl groups is 1.